The van der Waals surface area contributed by atoms with E-state index in [9.17, 15) is 0 Å². The minimum Gasteiger partial charge on any atom is -2.00 e. The van der Waals surface area contributed by atoms with Gasteiger partial charge < -0.3 is 5.48 Å². The van der Waals surface area contributed by atoms with Gasteiger partial charge in [0, 0.05) is 0 Å². The van der Waals surface area contributed by atoms with Crippen molar-refractivity contribution in [3.05, 3.63) is 0 Å². The van der Waals surface area contributed by atoms with E-state index in [0.29, 0.717) is 0 Å². The molecule has 0 aliphatic heterocycles. The van der Waals surface area contributed by atoms with Crippen LogP contribution in [0.25, 0.3) is 0 Å². The Labute approximate surface area is 49.7 Å². The van der Waals surface area contributed by atoms with Crippen molar-refractivity contribution in [2.24, 2.45) is 0 Å². The summed E-state index contributed by atoms with van der Waals surface area (Å²) in [5.74, 6) is 0. The first-order chi connectivity index (χ1) is 1.00. The summed E-state index contributed by atoms with van der Waals surface area (Å²) in [7, 11) is 1.72. The van der Waals surface area contributed by atoms with E-state index in [1.165, 1.54) is 0 Å². The summed E-state index contributed by atoms with van der Waals surface area (Å²) in [5, 5.41) is 0. The van der Waals surface area contributed by atoms with Crippen LogP contribution in [-0.2, 0) is 9.94 Å². The average Bonchev–Trinajstić information content (AvgIpc) is 1.00. The van der Waals surface area contributed by atoms with Crippen LogP contribution in [0.1, 0.15) is 0 Å². The SMILES string of the molecule is O=[Si+2].[Na+].[O-2]. The molecule has 0 aromatic rings. The van der Waals surface area contributed by atoms with E-state index < -0.39 is 0 Å². The first-order valence-electron chi connectivity index (χ1n) is 0.204. The molecule has 0 spiro atoms. The van der Waals surface area contributed by atoms with Gasteiger partial charge >= 0.3 is 44.1 Å². The Morgan fingerprint density at radius 3 is 1.25 bits per heavy atom. The second-order valence-electron chi connectivity index (χ2n) is 0. The molecule has 4 heavy (non-hydrogen) atoms. The Kier molecular flexibility index (Phi) is 186. The molecule has 0 rings (SSSR count). The van der Waals surface area contributed by atoms with Crippen molar-refractivity contribution in [2.45, 2.75) is 0 Å². The second kappa shape index (κ2) is 36.9. The van der Waals surface area contributed by atoms with Crippen LogP contribution in [0.4, 0.5) is 0 Å². The van der Waals surface area contributed by atoms with E-state index in [0.717, 1.165) is 0 Å². The number of hydrogen-bond acceptors (Lipinski definition) is 1. The quantitative estimate of drug-likeness (QED) is 0.279. The van der Waals surface area contributed by atoms with Crippen molar-refractivity contribution in [1.82, 2.24) is 0 Å². The van der Waals surface area contributed by atoms with Crippen molar-refractivity contribution in [3.8, 4) is 0 Å². The summed E-state index contributed by atoms with van der Waals surface area (Å²) in [6.45, 7) is 0. The van der Waals surface area contributed by atoms with Gasteiger partial charge in [-0.3, -0.25) is 0 Å². The van der Waals surface area contributed by atoms with Gasteiger partial charge in [-0.15, -0.1) is 0 Å². The summed E-state index contributed by atoms with van der Waals surface area (Å²) in [4.78, 5) is 0. The molecule has 0 aliphatic rings. The van der Waals surface area contributed by atoms with Crippen molar-refractivity contribution in [3.63, 3.8) is 0 Å². The van der Waals surface area contributed by atoms with Crippen LogP contribution >= 0.6 is 0 Å². The van der Waals surface area contributed by atoms with Crippen molar-refractivity contribution >= 4 is 10.1 Å². The third-order valence-electron chi connectivity index (χ3n) is 0. The first-order valence-corrected chi connectivity index (χ1v) is 0.612. The van der Waals surface area contributed by atoms with E-state index in [1.54, 1.807) is 10.1 Å². The maximum absolute atomic E-state index is 8.06. The molecule has 0 heterocycles. The maximum atomic E-state index is 8.06. The van der Waals surface area contributed by atoms with Crippen LogP contribution in [0.15, 0.2) is 0 Å². The monoisotopic (exact) mass is 83.0 g/mol. The Morgan fingerprint density at radius 2 is 1.25 bits per heavy atom. The zero-order chi connectivity index (χ0) is 2.00. The van der Waals surface area contributed by atoms with E-state index in [4.69, 9.17) is 4.46 Å². The minimum atomic E-state index is 0. The van der Waals surface area contributed by atoms with Gasteiger partial charge in [0.05, 0.1) is 0 Å². The number of hydrogen-bond donors (Lipinski definition) is 0. The summed E-state index contributed by atoms with van der Waals surface area (Å²) < 4.78 is 8.06. The molecule has 0 amide bonds. The Balaban J connectivity index is -0.00000000500. The van der Waals surface area contributed by atoms with Gasteiger partial charge in [0.1, 0.15) is 0 Å². The predicted molar refractivity (Wildman–Crippen MR) is 7.13 cm³/mol. The fraction of sp³-hybridized carbons (Fsp3) is 0. The minimum absolute atomic E-state index is 0. The summed E-state index contributed by atoms with van der Waals surface area (Å²) in [5.41, 5.74) is 0. The fourth-order valence-corrected chi connectivity index (χ4v) is 0. The van der Waals surface area contributed by atoms with Crippen LogP contribution in [0.2, 0.25) is 0 Å². The normalized spacial score (nSPS) is 1.50. The third kappa shape index (κ3) is 12.2. The van der Waals surface area contributed by atoms with E-state index in [2.05, 4.69) is 0 Å². The topological polar surface area (TPSA) is 45.6 Å². The van der Waals surface area contributed by atoms with Gasteiger partial charge in [-0.2, -0.15) is 0 Å². The average molecular weight is 83.1 g/mol. The first kappa shape index (κ1) is 20.1. The molecule has 0 radical (unpaired) electrons. The van der Waals surface area contributed by atoms with Crippen LogP contribution in [0.5, 0.6) is 0 Å². The van der Waals surface area contributed by atoms with Gasteiger partial charge in [0.25, 0.3) is 0 Å². The Bertz CT molecular complexity index is 6.00. The predicted octanol–water partition coefficient (Wildman–Crippen LogP) is -3.61. The summed E-state index contributed by atoms with van der Waals surface area (Å²) >= 11 is 0. The Hall–Kier alpha value is 0.977. The second-order valence-corrected chi connectivity index (χ2v) is 0. The molecule has 0 saturated heterocycles. The molecule has 0 aromatic carbocycles. The fourth-order valence-electron chi connectivity index (χ4n) is 0. The van der Waals surface area contributed by atoms with Crippen molar-refractivity contribution < 1.29 is 39.5 Å². The zero-order valence-corrected chi connectivity index (χ0v) is 5.32. The zero-order valence-electron chi connectivity index (χ0n) is 2.32. The van der Waals surface area contributed by atoms with Gasteiger partial charge in [-0.1, -0.05) is 0 Å². The van der Waals surface area contributed by atoms with Crippen molar-refractivity contribution in [2.75, 3.05) is 0 Å². The Morgan fingerprint density at radius 1 is 1.25 bits per heavy atom. The van der Waals surface area contributed by atoms with Crippen LogP contribution in [-0.4, -0.2) is 10.1 Å². The molecule has 0 aromatic heterocycles. The summed E-state index contributed by atoms with van der Waals surface area (Å²) in [6, 6.07) is 0. The van der Waals surface area contributed by atoms with Crippen molar-refractivity contribution in [1.29, 1.82) is 0 Å². The van der Waals surface area contributed by atoms with E-state index in [1.807, 2.05) is 0 Å². The van der Waals surface area contributed by atoms with Crippen LogP contribution in [0, 0.1) is 0 Å². The molecule has 0 aliphatic carbocycles. The van der Waals surface area contributed by atoms with Gasteiger partial charge in [0.2, 0.25) is 0 Å². The molecule has 0 N–H and O–H groups in total. The molecular formula is NaO2Si+. The van der Waals surface area contributed by atoms with E-state index >= 15 is 0 Å². The molecule has 0 saturated carbocycles. The third-order valence-corrected chi connectivity index (χ3v) is 0. The molecule has 4 heteroatoms. The molecular weight excluding hydrogens is 83.1 g/mol. The molecule has 0 bridgehead atoms. The van der Waals surface area contributed by atoms with Gasteiger partial charge in [-0.25, -0.2) is 0 Å². The number of rotatable bonds is 0. The standard InChI is InChI=1S/Na.OSi.O/c;1-2;/q+1;+2;-2. The molecule has 0 fully saturated rings. The molecule has 0 unspecified atom stereocenters. The summed E-state index contributed by atoms with van der Waals surface area (Å²) in [6.07, 6.45) is 0. The van der Waals surface area contributed by atoms with Crippen LogP contribution in [0.3, 0.4) is 0 Å². The largest absolute Gasteiger partial charge is 2.00 e. The van der Waals surface area contributed by atoms with E-state index in [-0.39, 0.29) is 35.0 Å². The maximum Gasteiger partial charge on any atom is 1.00 e. The molecule has 2 nitrogen and oxygen atoms in total. The van der Waals surface area contributed by atoms with Gasteiger partial charge in [-0.05, 0) is 0 Å². The molecule has 0 atom stereocenters. The molecule has 16 valence electrons. The van der Waals surface area contributed by atoms with Gasteiger partial charge in [0.15, 0.2) is 0 Å². The van der Waals surface area contributed by atoms with Crippen LogP contribution < -0.4 is 29.6 Å². The smallest absolute Gasteiger partial charge is 1.00 e.